The molecule has 0 aliphatic rings. The van der Waals surface area contributed by atoms with Gasteiger partial charge in [0.1, 0.15) is 11.2 Å². The van der Waals surface area contributed by atoms with Gasteiger partial charge in [-0.3, -0.25) is 0 Å². The Hall–Kier alpha value is -6.12. The summed E-state index contributed by atoms with van der Waals surface area (Å²) in [5, 5.41) is 7.24. The molecule has 0 saturated heterocycles. The summed E-state index contributed by atoms with van der Waals surface area (Å²) in [5.74, 6) is 0. The lowest BCUT2D eigenvalue weighted by Gasteiger charge is -2.29. The Morgan fingerprint density at radius 2 is 1.00 bits per heavy atom. The van der Waals surface area contributed by atoms with Crippen LogP contribution in [-0.4, -0.2) is 0 Å². The van der Waals surface area contributed by atoms with E-state index in [-0.39, 0.29) is 0 Å². The second kappa shape index (κ2) is 10.8. The molecule has 0 aliphatic heterocycles. The van der Waals surface area contributed by atoms with E-state index in [1.165, 1.54) is 38.2 Å². The molecule has 0 N–H and O–H groups in total. The molecule has 0 fully saturated rings. The van der Waals surface area contributed by atoms with Crippen molar-refractivity contribution in [3.8, 4) is 22.3 Å². The largest absolute Gasteiger partial charge is 0.456 e. The number of hydrogen-bond donors (Lipinski definition) is 0. The predicted octanol–water partition coefficient (Wildman–Crippen LogP) is 12.7. The average Bonchev–Trinajstić information content (AvgIpc) is 3.50. The van der Waals surface area contributed by atoms with E-state index >= 15 is 0 Å². The van der Waals surface area contributed by atoms with E-state index in [1.807, 2.05) is 12.1 Å². The fourth-order valence-corrected chi connectivity index (χ4v) is 6.90. The van der Waals surface area contributed by atoms with Crippen LogP contribution in [-0.2, 0) is 0 Å². The Labute approximate surface area is 267 Å². The Kier molecular flexibility index (Phi) is 6.17. The molecule has 2 heteroatoms. The van der Waals surface area contributed by atoms with Crippen LogP contribution >= 0.6 is 0 Å². The first-order chi connectivity index (χ1) is 22.8. The number of fused-ring (bicyclic) bond motifs is 6. The molecule has 0 unspecified atom stereocenters. The van der Waals surface area contributed by atoms with E-state index in [1.54, 1.807) is 0 Å². The van der Waals surface area contributed by atoms with Crippen molar-refractivity contribution in [2.45, 2.75) is 0 Å². The lowest BCUT2D eigenvalue weighted by atomic mass is 9.91. The second-order valence-electron chi connectivity index (χ2n) is 11.7. The molecule has 0 bridgehead atoms. The number of rotatable bonds is 5. The van der Waals surface area contributed by atoms with Gasteiger partial charge in [-0.15, -0.1) is 0 Å². The Bertz CT molecular complexity index is 2530. The predicted molar refractivity (Wildman–Crippen MR) is 194 cm³/mol. The molecule has 0 atom stereocenters. The highest BCUT2D eigenvalue weighted by Gasteiger charge is 2.20. The highest BCUT2D eigenvalue weighted by atomic mass is 16.3. The van der Waals surface area contributed by atoms with Crippen LogP contribution in [0.1, 0.15) is 0 Å². The third-order valence-electron chi connectivity index (χ3n) is 9.04. The maximum atomic E-state index is 6.23. The van der Waals surface area contributed by atoms with Crippen LogP contribution in [0.15, 0.2) is 180 Å². The van der Waals surface area contributed by atoms with Gasteiger partial charge in [0.2, 0.25) is 0 Å². The number of para-hydroxylation sites is 2. The first kappa shape index (κ1) is 26.3. The summed E-state index contributed by atoms with van der Waals surface area (Å²) in [4.78, 5) is 2.39. The average molecular weight is 588 g/mol. The van der Waals surface area contributed by atoms with Gasteiger partial charge in [0.15, 0.2) is 0 Å². The topological polar surface area (TPSA) is 16.4 Å². The molecule has 9 rings (SSSR count). The van der Waals surface area contributed by atoms with Crippen LogP contribution in [0, 0.1) is 0 Å². The molecule has 0 saturated carbocycles. The van der Waals surface area contributed by atoms with Crippen LogP contribution in [0.2, 0.25) is 0 Å². The van der Waals surface area contributed by atoms with E-state index < -0.39 is 0 Å². The normalized spacial score (nSPS) is 11.5. The number of anilines is 3. The maximum Gasteiger partial charge on any atom is 0.135 e. The lowest BCUT2D eigenvalue weighted by molar-refractivity contribution is 0.669. The molecule has 46 heavy (non-hydrogen) atoms. The van der Waals surface area contributed by atoms with Crippen LogP contribution in [0.3, 0.4) is 0 Å². The van der Waals surface area contributed by atoms with Crippen molar-refractivity contribution >= 4 is 60.5 Å². The summed E-state index contributed by atoms with van der Waals surface area (Å²) in [6, 6.07) is 62.9. The summed E-state index contributed by atoms with van der Waals surface area (Å²) < 4.78 is 6.23. The summed E-state index contributed by atoms with van der Waals surface area (Å²) in [5.41, 5.74) is 9.79. The van der Waals surface area contributed by atoms with E-state index in [9.17, 15) is 0 Å². The highest BCUT2D eigenvalue weighted by molar-refractivity contribution is 6.14. The van der Waals surface area contributed by atoms with Gasteiger partial charge in [0.25, 0.3) is 0 Å². The molecule has 9 aromatic rings. The zero-order valence-electron chi connectivity index (χ0n) is 25.1. The molecule has 8 aromatic carbocycles. The molecule has 1 aromatic heterocycles. The molecule has 0 radical (unpaired) electrons. The van der Waals surface area contributed by atoms with Crippen molar-refractivity contribution in [1.29, 1.82) is 0 Å². The third-order valence-corrected chi connectivity index (χ3v) is 9.04. The molecule has 2 nitrogen and oxygen atoms in total. The van der Waals surface area contributed by atoms with Gasteiger partial charge < -0.3 is 9.32 Å². The van der Waals surface area contributed by atoms with Gasteiger partial charge in [-0.25, -0.2) is 0 Å². The number of nitrogens with zero attached hydrogens (tertiary/aromatic N) is 1. The maximum absolute atomic E-state index is 6.23. The summed E-state index contributed by atoms with van der Waals surface area (Å²) in [7, 11) is 0. The van der Waals surface area contributed by atoms with Gasteiger partial charge >= 0.3 is 0 Å². The van der Waals surface area contributed by atoms with Crippen LogP contribution in [0.5, 0.6) is 0 Å². The summed E-state index contributed by atoms with van der Waals surface area (Å²) >= 11 is 0. The molecular weight excluding hydrogens is 558 g/mol. The fourth-order valence-electron chi connectivity index (χ4n) is 6.90. The second-order valence-corrected chi connectivity index (χ2v) is 11.7. The first-order valence-electron chi connectivity index (χ1n) is 15.7. The summed E-state index contributed by atoms with van der Waals surface area (Å²) in [6.07, 6.45) is 0. The SMILES string of the molecule is c1ccc(-c2ccc(-c3cc4ccccc4c4ccccc34)cc2N(c2ccccc2)c2ccc3oc4ccccc4c3c2)cc1. The van der Waals surface area contributed by atoms with Crippen molar-refractivity contribution in [3.63, 3.8) is 0 Å². The molecule has 216 valence electrons. The van der Waals surface area contributed by atoms with E-state index in [4.69, 9.17) is 4.42 Å². The minimum absolute atomic E-state index is 0.887. The third kappa shape index (κ3) is 4.35. The minimum Gasteiger partial charge on any atom is -0.456 e. The van der Waals surface area contributed by atoms with Crippen molar-refractivity contribution in [3.05, 3.63) is 176 Å². The van der Waals surface area contributed by atoms with Crippen molar-refractivity contribution in [2.24, 2.45) is 0 Å². The van der Waals surface area contributed by atoms with Gasteiger partial charge in [-0.05, 0) is 86.8 Å². The fraction of sp³-hybridized carbons (Fsp3) is 0. The van der Waals surface area contributed by atoms with Gasteiger partial charge in [0.05, 0.1) is 5.69 Å². The highest BCUT2D eigenvalue weighted by Crippen LogP contribution is 2.45. The van der Waals surface area contributed by atoms with Gasteiger partial charge in [-0.1, -0.05) is 127 Å². The van der Waals surface area contributed by atoms with Crippen molar-refractivity contribution in [1.82, 2.24) is 0 Å². The Balaban J connectivity index is 1.34. The molecular formula is C44H29NO. The monoisotopic (exact) mass is 587 g/mol. The minimum atomic E-state index is 0.887. The number of furan rings is 1. The summed E-state index contributed by atoms with van der Waals surface area (Å²) in [6.45, 7) is 0. The molecule has 0 aliphatic carbocycles. The van der Waals surface area contributed by atoms with E-state index in [0.29, 0.717) is 0 Å². The first-order valence-corrected chi connectivity index (χ1v) is 15.7. The van der Waals surface area contributed by atoms with Gasteiger partial charge in [0, 0.05) is 27.7 Å². The molecule has 0 amide bonds. The Morgan fingerprint density at radius 3 is 1.83 bits per heavy atom. The van der Waals surface area contributed by atoms with E-state index in [2.05, 4.69) is 169 Å². The number of hydrogen-bond acceptors (Lipinski definition) is 2. The van der Waals surface area contributed by atoms with Crippen LogP contribution < -0.4 is 4.90 Å². The molecule has 1 heterocycles. The molecule has 0 spiro atoms. The Morgan fingerprint density at radius 1 is 0.348 bits per heavy atom. The smallest absolute Gasteiger partial charge is 0.135 e. The quantitative estimate of drug-likeness (QED) is 0.186. The zero-order chi connectivity index (χ0) is 30.5. The van der Waals surface area contributed by atoms with Crippen molar-refractivity contribution in [2.75, 3.05) is 4.90 Å². The van der Waals surface area contributed by atoms with Crippen LogP contribution in [0.4, 0.5) is 17.1 Å². The van der Waals surface area contributed by atoms with Gasteiger partial charge in [-0.2, -0.15) is 0 Å². The standard InChI is InChI=1S/C44H29NO/c1-3-13-30(14-4-1)36-25-23-32(40-27-31-15-7-8-18-35(31)37-19-9-10-20-38(37)40)28-42(36)45(33-16-5-2-6-17-33)34-24-26-44-41(29-34)39-21-11-12-22-43(39)46-44/h1-29H. The van der Waals surface area contributed by atoms with Crippen molar-refractivity contribution < 1.29 is 4.42 Å². The number of benzene rings is 8. The van der Waals surface area contributed by atoms with Crippen LogP contribution in [0.25, 0.3) is 65.7 Å². The lowest BCUT2D eigenvalue weighted by Crippen LogP contribution is -2.11. The zero-order valence-corrected chi connectivity index (χ0v) is 25.1. The van der Waals surface area contributed by atoms with E-state index in [0.717, 1.165) is 44.6 Å².